The number of nitrogens with zero attached hydrogens (tertiary/aromatic N) is 2. The largest absolute Gasteiger partial charge is 0.344 e. The molecule has 6 aromatic rings. The monoisotopic (exact) mass is 498 g/mol. The highest BCUT2D eigenvalue weighted by atomic mass is 16.1. The predicted molar refractivity (Wildman–Crippen MR) is 156 cm³/mol. The first-order chi connectivity index (χ1) is 18.7. The van der Waals surface area contributed by atoms with E-state index < -0.39 is 0 Å². The lowest BCUT2D eigenvalue weighted by Crippen LogP contribution is -2.13. The van der Waals surface area contributed by atoms with Crippen LogP contribution in [0, 0.1) is 0 Å². The molecule has 3 N–H and O–H groups in total. The van der Waals surface area contributed by atoms with Gasteiger partial charge in [-0.05, 0) is 54.3 Å². The number of aromatic amines is 1. The van der Waals surface area contributed by atoms with Crippen molar-refractivity contribution in [1.29, 1.82) is 0 Å². The molecule has 0 unspecified atom stereocenters. The van der Waals surface area contributed by atoms with Gasteiger partial charge in [0.05, 0.1) is 11.0 Å². The van der Waals surface area contributed by atoms with E-state index >= 15 is 0 Å². The number of nitrogens with two attached hydrogens (primary N) is 1. The minimum atomic E-state index is -0.179. The maximum absolute atomic E-state index is 13.7. The molecule has 0 saturated carbocycles. The fourth-order valence-corrected chi connectivity index (χ4v) is 5.33. The number of aryl methyl sites for hydroxylation is 1. The van der Waals surface area contributed by atoms with E-state index in [1.165, 1.54) is 5.56 Å². The molecule has 0 fully saturated rings. The zero-order valence-corrected chi connectivity index (χ0v) is 21.2. The number of unbranched alkanes of at least 4 members (excludes halogenated alkanes) is 1. The van der Waals surface area contributed by atoms with Gasteiger partial charge in [0.15, 0.2) is 0 Å². The Kier molecular flexibility index (Phi) is 6.59. The highest BCUT2D eigenvalue weighted by molar-refractivity contribution is 5.98. The molecule has 0 atom stereocenters. The van der Waals surface area contributed by atoms with Crippen LogP contribution in [0.3, 0.4) is 0 Å². The van der Waals surface area contributed by atoms with Gasteiger partial charge in [0.2, 0.25) is 0 Å². The van der Waals surface area contributed by atoms with Crippen molar-refractivity contribution in [2.45, 2.75) is 25.8 Å². The number of hydrogen-bond donors (Lipinski definition) is 2. The van der Waals surface area contributed by atoms with Gasteiger partial charge in [0, 0.05) is 35.1 Å². The van der Waals surface area contributed by atoms with Crippen molar-refractivity contribution in [2.75, 3.05) is 6.54 Å². The molecule has 0 radical (unpaired) electrons. The summed E-state index contributed by atoms with van der Waals surface area (Å²) in [6, 6.07) is 35.0. The van der Waals surface area contributed by atoms with Crippen molar-refractivity contribution in [3.8, 4) is 22.4 Å². The molecule has 5 heteroatoms. The van der Waals surface area contributed by atoms with Crippen LogP contribution >= 0.6 is 0 Å². The minimum Gasteiger partial charge on any atom is -0.344 e. The van der Waals surface area contributed by atoms with Crippen LogP contribution < -0.4 is 11.3 Å². The van der Waals surface area contributed by atoms with E-state index in [1.807, 2.05) is 42.5 Å². The fraction of sp³-hybridized carbons (Fsp3) is 0.152. The van der Waals surface area contributed by atoms with Crippen LogP contribution in [-0.2, 0) is 13.0 Å². The van der Waals surface area contributed by atoms with Crippen LogP contribution in [0.15, 0.2) is 108 Å². The lowest BCUT2D eigenvalue weighted by atomic mass is 10.0. The summed E-state index contributed by atoms with van der Waals surface area (Å²) >= 11 is 0. The Morgan fingerprint density at radius 3 is 2.32 bits per heavy atom. The second-order valence-electron chi connectivity index (χ2n) is 9.66. The van der Waals surface area contributed by atoms with Gasteiger partial charge >= 0.3 is 0 Å². The quantitative estimate of drug-likeness (QED) is 0.234. The summed E-state index contributed by atoms with van der Waals surface area (Å²) in [4.78, 5) is 21.8. The van der Waals surface area contributed by atoms with E-state index in [9.17, 15) is 4.79 Å². The molecule has 0 aliphatic rings. The van der Waals surface area contributed by atoms with Crippen LogP contribution in [-0.4, -0.2) is 21.1 Å². The van der Waals surface area contributed by atoms with Crippen molar-refractivity contribution < 1.29 is 0 Å². The maximum atomic E-state index is 13.7. The summed E-state index contributed by atoms with van der Waals surface area (Å²) in [6.07, 6.45) is 2.63. The second-order valence-corrected chi connectivity index (χ2v) is 9.66. The average molecular weight is 499 g/mol. The summed E-state index contributed by atoms with van der Waals surface area (Å²) in [5.74, 6) is 0. The third-order valence-corrected chi connectivity index (χ3v) is 7.16. The van der Waals surface area contributed by atoms with Crippen molar-refractivity contribution in [3.63, 3.8) is 0 Å². The highest BCUT2D eigenvalue weighted by Gasteiger charge is 2.22. The summed E-state index contributed by atoms with van der Waals surface area (Å²) in [5, 5.41) is 1.05. The van der Waals surface area contributed by atoms with Crippen LogP contribution in [0.5, 0.6) is 0 Å². The molecular weight excluding hydrogens is 468 g/mol. The summed E-state index contributed by atoms with van der Waals surface area (Å²) < 4.78 is 2.36. The van der Waals surface area contributed by atoms with Crippen molar-refractivity contribution >= 4 is 21.9 Å². The summed E-state index contributed by atoms with van der Waals surface area (Å²) in [5.41, 5.74) is 14.1. The smallest absolute Gasteiger partial charge is 0.275 e. The standard InChI is InChI=1S/C33H30N4O/c34-19-9-10-20-37-29-16-8-7-15-26(29)31(30(37)21-23-11-3-1-4-12-23)32-33(38)36-28-22-25(17-18-27(28)35-32)24-13-5-2-6-14-24/h1-8,11-18,22H,9-10,19-21,34H2,(H,36,38). The lowest BCUT2D eigenvalue weighted by Gasteiger charge is -2.13. The van der Waals surface area contributed by atoms with Gasteiger partial charge in [0.25, 0.3) is 5.56 Å². The number of para-hydroxylation sites is 1. The van der Waals surface area contributed by atoms with Crippen LogP contribution in [0.1, 0.15) is 24.1 Å². The van der Waals surface area contributed by atoms with E-state index in [1.54, 1.807) is 0 Å². The number of H-pyrrole nitrogens is 1. The van der Waals surface area contributed by atoms with Gasteiger partial charge in [0.1, 0.15) is 5.69 Å². The molecule has 0 amide bonds. The lowest BCUT2D eigenvalue weighted by molar-refractivity contribution is 0.615. The van der Waals surface area contributed by atoms with Gasteiger partial charge in [-0.15, -0.1) is 0 Å². The zero-order valence-electron chi connectivity index (χ0n) is 21.2. The molecule has 2 aromatic heterocycles. The first kappa shape index (κ1) is 23.9. The number of hydrogen-bond acceptors (Lipinski definition) is 3. The molecule has 0 spiro atoms. The van der Waals surface area contributed by atoms with E-state index in [0.29, 0.717) is 18.7 Å². The van der Waals surface area contributed by atoms with Crippen molar-refractivity contribution in [1.82, 2.24) is 14.5 Å². The molecular formula is C33H30N4O. The summed E-state index contributed by atoms with van der Waals surface area (Å²) in [6.45, 7) is 1.50. The third kappa shape index (κ3) is 4.53. The third-order valence-electron chi connectivity index (χ3n) is 7.16. The first-order valence-electron chi connectivity index (χ1n) is 13.2. The Hall–Kier alpha value is -4.48. The topological polar surface area (TPSA) is 76.7 Å². The normalized spacial score (nSPS) is 11.4. The molecule has 0 aliphatic carbocycles. The van der Waals surface area contributed by atoms with E-state index in [-0.39, 0.29) is 5.56 Å². The molecule has 0 saturated heterocycles. The SMILES string of the molecule is NCCCCn1c(Cc2ccccc2)c(-c2nc3ccc(-c4ccccc4)cc3[nH]c2=O)c2ccccc21. The molecule has 38 heavy (non-hydrogen) atoms. The molecule has 0 aliphatic heterocycles. The van der Waals surface area contributed by atoms with Crippen molar-refractivity contribution in [3.05, 3.63) is 125 Å². The predicted octanol–water partition coefficient (Wildman–Crippen LogP) is 6.54. The number of aromatic nitrogens is 3. The van der Waals surface area contributed by atoms with E-state index in [0.717, 1.165) is 63.7 Å². The van der Waals surface area contributed by atoms with Gasteiger partial charge in [-0.1, -0.05) is 84.9 Å². The molecule has 188 valence electrons. The van der Waals surface area contributed by atoms with E-state index in [2.05, 4.69) is 70.2 Å². The molecule has 0 bridgehead atoms. The van der Waals surface area contributed by atoms with Gasteiger partial charge in [-0.25, -0.2) is 4.98 Å². The van der Waals surface area contributed by atoms with E-state index in [4.69, 9.17) is 10.7 Å². The first-order valence-corrected chi connectivity index (χ1v) is 13.2. The number of fused-ring (bicyclic) bond motifs is 2. The second kappa shape index (κ2) is 10.5. The highest BCUT2D eigenvalue weighted by Crippen LogP contribution is 2.35. The van der Waals surface area contributed by atoms with Crippen LogP contribution in [0.2, 0.25) is 0 Å². The Labute approximate surface area is 221 Å². The summed E-state index contributed by atoms with van der Waals surface area (Å²) in [7, 11) is 0. The van der Waals surface area contributed by atoms with Gasteiger partial charge in [-0.2, -0.15) is 0 Å². The van der Waals surface area contributed by atoms with Crippen molar-refractivity contribution in [2.24, 2.45) is 5.73 Å². The van der Waals surface area contributed by atoms with Crippen LogP contribution in [0.25, 0.3) is 44.3 Å². The fourth-order valence-electron chi connectivity index (χ4n) is 5.33. The zero-order chi connectivity index (χ0) is 25.9. The van der Waals surface area contributed by atoms with Crippen LogP contribution in [0.4, 0.5) is 0 Å². The molecule has 4 aromatic carbocycles. The maximum Gasteiger partial charge on any atom is 0.275 e. The number of nitrogens with one attached hydrogen (secondary N) is 1. The van der Waals surface area contributed by atoms with Gasteiger partial charge < -0.3 is 15.3 Å². The Morgan fingerprint density at radius 2 is 1.53 bits per heavy atom. The van der Waals surface area contributed by atoms with Gasteiger partial charge in [-0.3, -0.25) is 4.79 Å². The molecule has 5 nitrogen and oxygen atoms in total. The molecule has 6 rings (SSSR count). The average Bonchev–Trinajstić information content (AvgIpc) is 3.26. The Bertz CT molecular complexity index is 1770. The Morgan fingerprint density at radius 1 is 0.789 bits per heavy atom. The number of benzene rings is 4. The number of rotatable bonds is 8. The Balaban J connectivity index is 1.55. The minimum absolute atomic E-state index is 0.179. The molecule has 2 heterocycles.